The molecule has 1 unspecified atom stereocenters. The molecule has 5 rings (SSSR count). The molecule has 1 aliphatic carbocycles. The van der Waals surface area contributed by atoms with E-state index in [9.17, 15) is 4.79 Å². The lowest BCUT2D eigenvalue weighted by Crippen LogP contribution is -2.39. The summed E-state index contributed by atoms with van der Waals surface area (Å²) in [4.78, 5) is 18.8. The van der Waals surface area contributed by atoms with E-state index in [0.717, 1.165) is 52.5 Å². The van der Waals surface area contributed by atoms with E-state index in [1.165, 1.54) is 12.8 Å². The Labute approximate surface area is 222 Å². The number of carbonyl (C=O) groups is 1. The zero-order valence-corrected chi connectivity index (χ0v) is 22.0. The second-order valence-electron chi connectivity index (χ2n) is 9.27. The van der Waals surface area contributed by atoms with E-state index in [0.29, 0.717) is 12.4 Å². The molecule has 1 atom stereocenters. The Morgan fingerprint density at radius 1 is 1.00 bits per heavy atom. The fourth-order valence-electron chi connectivity index (χ4n) is 4.94. The molecule has 1 saturated carbocycles. The molecule has 4 aromatic rings. The Hall–Kier alpha value is -3.45. The number of ether oxygens (including phenoxy) is 2. The van der Waals surface area contributed by atoms with Gasteiger partial charge in [0.1, 0.15) is 23.4 Å². The van der Waals surface area contributed by atoms with Gasteiger partial charge in [0.25, 0.3) is 0 Å². The van der Waals surface area contributed by atoms with Gasteiger partial charge in [0, 0.05) is 11.8 Å². The second kappa shape index (κ2) is 12.2. The molecule has 192 valence electrons. The van der Waals surface area contributed by atoms with Crippen molar-refractivity contribution >= 4 is 28.7 Å². The fourth-order valence-corrected chi connectivity index (χ4v) is 5.67. The molecule has 7 heteroatoms. The van der Waals surface area contributed by atoms with Crippen molar-refractivity contribution in [2.45, 2.75) is 43.5 Å². The average Bonchev–Trinajstić information content (AvgIpc) is 3.58. The van der Waals surface area contributed by atoms with Crippen molar-refractivity contribution in [1.29, 1.82) is 0 Å². The van der Waals surface area contributed by atoms with E-state index in [2.05, 4.69) is 9.88 Å². The zero-order valence-electron chi connectivity index (χ0n) is 21.1. The number of thioether (sulfide) groups is 1. The first-order valence-corrected chi connectivity index (χ1v) is 14.0. The molecule has 1 aromatic heterocycles. The smallest absolute Gasteiger partial charge is 0.247 e. The number of methoxy groups -OCH3 is 1. The van der Waals surface area contributed by atoms with Crippen LogP contribution in [0.5, 0.6) is 11.5 Å². The summed E-state index contributed by atoms with van der Waals surface area (Å²) in [7, 11) is 1.65. The third-order valence-electron chi connectivity index (χ3n) is 6.78. The van der Waals surface area contributed by atoms with E-state index in [1.807, 2.05) is 78.9 Å². The summed E-state index contributed by atoms with van der Waals surface area (Å²) in [5.41, 5.74) is 2.77. The van der Waals surface area contributed by atoms with Crippen LogP contribution < -0.4 is 14.8 Å². The summed E-state index contributed by atoms with van der Waals surface area (Å²) in [5, 5.41) is 3.34. The summed E-state index contributed by atoms with van der Waals surface area (Å²) in [5.74, 6) is 4.03. The lowest BCUT2D eigenvalue weighted by molar-refractivity contribution is -0.123. The van der Waals surface area contributed by atoms with Crippen LogP contribution in [0, 0.1) is 0 Å². The van der Waals surface area contributed by atoms with Crippen molar-refractivity contribution in [2.75, 3.05) is 19.5 Å². The second-order valence-corrected chi connectivity index (χ2v) is 10.4. The quantitative estimate of drug-likeness (QED) is 0.248. The molecule has 3 aromatic carbocycles. The Morgan fingerprint density at radius 3 is 2.49 bits per heavy atom. The first kappa shape index (κ1) is 25.2. The van der Waals surface area contributed by atoms with Crippen LogP contribution in [-0.2, 0) is 10.5 Å². The summed E-state index contributed by atoms with van der Waals surface area (Å²) in [6.07, 6.45) is 4.41. The van der Waals surface area contributed by atoms with E-state index in [1.54, 1.807) is 18.9 Å². The van der Waals surface area contributed by atoms with E-state index in [4.69, 9.17) is 14.5 Å². The highest BCUT2D eigenvalue weighted by molar-refractivity contribution is 7.98. The molecule has 1 aliphatic rings. The molecule has 1 N–H and O–H groups in total. The predicted octanol–water partition coefficient (Wildman–Crippen LogP) is 6.01. The minimum Gasteiger partial charge on any atom is -0.497 e. The number of hydrogen-bond acceptors (Lipinski definition) is 5. The predicted molar refractivity (Wildman–Crippen MR) is 149 cm³/mol. The maximum atomic E-state index is 13.9. The molecular formula is C30H33N3O3S. The molecule has 0 aliphatic heterocycles. The van der Waals surface area contributed by atoms with Gasteiger partial charge in [0.2, 0.25) is 5.91 Å². The average molecular weight is 516 g/mol. The van der Waals surface area contributed by atoms with Gasteiger partial charge in [0.05, 0.1) is 30.5 Å². The monoisotopic (exact) mass is 515 g/mol. The number of benzene rings is 3. The van der Waals surface area contributed by atoms with Crippen LogP contribution in [0.15, 0.2) is 78.9 Å². The van der Waals surface area contributed by atoms with Gasteiger partial charge in [-0.2, -0.15) is 11.8 Å². The number of nitrogens with zero attached hydrogens (tertiary/aromatic N) is 2. The van der Waals surface area contributed by atoms with Gasteiger partial charge < -0.3 is 19.4 Å². The largest absolute Gasteiger partial charge is 0.497 e. The lowest BCUT2D eigenvalue weighted by Gasteiger charge is -2.24. The minimum absolute atomic E-state index is 0.0129. The van der Waals surface area contributed by atoms with Crippen molar-refractivity contribution in [3.63, 3.8) is 0 Å². The van der Waals surface area contributed by atoms with E-state index in [-0.39, 0.29) is 11.9 Å². The maximum Gasteiger partial charge on any atom is 0.247 e. The number of nitrogens with one attached hydrogen (secondary N) is 1. The number of amides is 1. The first-order valence-electron chi connectivity index (χ1n) is 12.9. The van der Waals surface area contributed by atoms with Crippen molar-refractivity contribution in [1.82, 2.24) is 14.9 Å². The topological polar surface area (TPSA) is 65.4 Å². The standard InChI is InChI=1S/C30H33N3O3S/c1-35-24-17-15-22(16-18-24)29(30(34)31-23-9-5-6-10-23)33-27-14-8-7-13-26(27)32-28(33)21-37-20-19-36-25-11-3-2-4-12-25/h2-4,7-8,11-18,23,29H,5-6,9-10,19-21H2,1H3,(H,31,34). The van der Waals surface area contributed by atoms with Crippen LogP contribution in [0.2, 0.25) is 0 Å². The van der Waals surface area contributed by atoms with Gasteiger partial charge in [-0.1, -0.05) is 55.3 Å². The fraction of sp³-hybridized carbons (Fsp3) is 0.333. The van der Waals surface area contributed by atoms with Gasteiger partial charge in [-0.25, -0.2) is 4.98 Å². The summed E-state index contributed by atoms with van der Waals surface area (Å²) in [6.45, 7) is 0.610. The molecule has 37 heavy (non-hydrogen) atoms. The Kier molecular flexibility index (Phi) is 8.31. The van der Waals surface area contributed by atoms with Crippen LogP contribution in [0.1, 0.15) is 43.1 Å². The van der Waals surface area contributed by atoms with E-state index < -0.39 is 6.04 Å². The zero-order chi connectivity index (χ0) is 25.5. The molecule has 6 nitrogen and oxygen atoms in total. The van der Waals surface area contributed by atoms with Crippen LogP contribution in [-0.4, -0.2) is 41.0 Å². The normalized spacial score (nSPS) is 14.5. The highest BCUT2D eigenvalue weighted by Crippen LogP contribution is 2.30. The lowest BCUT2D eigenvalue weighted by atomic mass is 10.0. The molecular weight excluding hydrogens is 482 g/mol. The summed E-state index contributed by atoms with van der Waals surface area (Å²) < 4.78 is 13.4. The first-order chi connectivity index (χ1) is 18.2. The molecule has 1 fully saturated rings. The Morgan fingerprint density at radius 2 is 1.73 bits per heavy atom. The number of para-hydroxylation sites is 3. The number of imidazole rings is 1. The molecule has 0 bridgehead atoms. The van der Waals surface area contributed by atoms with Gasteiger partial charge in [-0.15, -0.1) is 0 Å². The SMILES string of the molecule is COc1ccc(C(C(=O)NC2CCCC2)n2c(CSCCOc3ccccc3)nc3ccccc32)cc1. The van der Waals surface area contributed by atoms with Crippen molar-refractivity contribution in [3.05, 3.63) is 90.3 Å². The van der Waals surface area contributed by atoms with Crippen molar-refractivity contribution in [2.24, 2.45) is 0 Å². The number of fused-ring (bicyclic) bond motifs is 1. The van der Waals surface area contributed by atoms with Gasteiger partial charge in [-0.3, -0.25) is 4.79 Å². The summed E-state index contributed by atoms with van der Waals surface area (Å²) >= 11 is 1.76. The number of aromatic nitrogens is 2. The molecule has 0 radical (unpaired) electrons. The number of rotatable bonds is 11. The highest BCUT2D eigenvalue weighted by atomic mass is 32.2. The number of carbonyl (C=O) groups excluding carboxylic acids is 1. The third-order valence-corrected chi connectivity index (χ3v) is 7.70. The Bertz CT molecular complexity index is 1300. The van der Waals surface area contributed by atoms with Crippen molar-refractivity contribution < 1.29 is 14.3 Å². The Balaban J connectivity index is 1.41. The molecule has 1 amide bonds. The van der Waals surface area contributed by atoms with Crippen LogP contribution in [0.25, 0.3) is 11.0 Å². The summed E-state index contributed by atoms with van der Waals surface area (Å²) in [6, 6.07) is 25.4. The molecule has 0 spiro atoms. The van der Waals surface area contributed by atoms with Crippen LogP contribution in [0.3, 0.4) is 0 Å². The van der Waals surface area contributed by atoms with Crippen molar-refractivity contribution in [3.8, 4) is 11.5 Å². The number of hydrogen-bond donors (Lipinski definition) is 1. The van der Waals surface area contributed by atoms with Gasteiger partial charge in [-0.05, 0) is 54.8 Å². The molecule has 0 saturated heterocycles. The highest BCUT2D eigenvalue weighted by Gasteiger charge is 2.29. The van der Waals surface area contributed by atoms with Gasteiger partial charge >= 0.3 is 0 Å². The third kappa shape index (κ3) is 6.10. The van der Waals surface area contributed by atoms with Gasteiger partial charge in [0.15, 0.2) is 0 Å². The minimum atomic E-state index is -0.518. The van der Waals surface area contributed by atoms with E-state index >= 15 is 0 Å². The maximum absolute atomic E-state index is 13.9. The van der Waals surface area contributed by atoms with Crippen LogP contribution >= 0.6 is 11.8 Å². The molecule has 1 heterocycles. The van der Waals surface area contributed by atoms with Crippen LogP contribution in [0.4, 0.5) is 0 Å².